The van der Waals surface area contributed by atoms with E-state index < -0.39 is 58.7 Å². The largest absolute Gasteiger partial charge is 0.507 e. The summed E-state index contributed by atoms with van der Waals surface area (Å²) < 4.78 is 88.1. The Morgan fingerprint density at radius 1 is 0.938 bits per heavy atom. The van der Waals surface area contributed by atoms with Gasteiger partial charge in [-0.1, -0.05) is 68.3 Å². The fourth-order valence-electron chi connectivity index (χ4n) is 7.60. The molecule has 0 radical (unpaired) electrons. The molecule has 4 atom stereocenters. The van der Waals surface area contributed by atoms with E-state index in [0.29, 0.717) is 29.9 Å². The number of aromatic hydroxyl groups is 1. The zero-order chi connectivity index (χ0) is 34.7. The SMILES string of the molecule is CC/C(=C\c1ccc(O)c2ccccc12)CC[C@H]1OC[C@H]2C1=C(C(C)C)C[C@H]1C(=O)N(c3cc(C(F)(F)F)cc(C(F)(F)F)c3)C(=O)[C@H]12. The number of hydrogen-bond donors (Lipinski definition) is 1. The van der Waals surface area contributed by atoms with E-state index in [-0.39, 0.29) is 36.9 Å². The Morgan fingerprint density at radius 3 is 2.19 bits per heavy atom. The summed E-state index contributed by atoms with van der Waals surface area (Å²) in [5.41, 5.74) is 0.0537. The number of carbonyl (C=O) groups is 2. The summed E-state index contributed by atoms with van der Waals surface area (Å²) in [5, 5.41) is 12.0. The predicted octanol–water partition coefficient (Wildman–Crippen LogP) is 9.33. The molecule has 1 N–H and O–H groups in total. The van der Waals surface area contributed by atoms with Gasteiger partial charge in [0.15, 0.2) is 0 Å². The molecule has 48 heavy (non-hydrogen) atoms. The first-order chi connectivity index (χ1) is 22.6. The van der Waals surface area contributed by atoms with Crippen LogP contribution >= 0.6 is 0 Å². The molecular formula is C37H35F6NO4. The number of phenols is 1. The van der Waals surface area contributed by atoms with Gasteiger partial charge in [-0.3, -0.25) is 9.59 Å². The zero-order valence-corrected chi connectivity index (χ0v) is 26.6. The summed E-state index contributed by atoms with van der Waals surface area (Å²) in [5.74, 6) is -3.81. The van der Waals surface area contributed by atoms with Gasteiger partial charge in [0, 0.05) is 11.3 Å². The van der Waals surface area contributed by atoms with Crippen LogP contribution in [0.5, 0.6) is 5.75 Å². The Morgan fingerprint density at radius 2 is 1.58 bits per heavy atom. The zero-order valence-electron chi connectivity index (χ0n) is 26.6. The van der Waals surface area contributed by atoms with Crippen molar-refractivity contribution in [2.45, 2.75) is 64.9 Å². The summed E-state index contributed by atoms with van der Waals surface area (Å²) in [6, 6.07) is 12.0. The molecule has 254 valence electrons. The van der Waals surface area contributed by atoms with E-state index in [1.807, 2.05) is 51.1 Å². The quantitative estimate of drug-likeness (QED) is 0.155. The smallest absolute Gasteiger partial charge is 0.416 e. The molecule has 11 heteroatoms. The van der Waals surface area contributed by atoms with E-state index in [9.17, 15) is 41.0 Å². The third-order valence-electron chi connectivity index (χ3n) is 9.95. The van der Waals surface area contributed by atoms with Crippen LogP contribution in [0.3, 0.4) is 0 Å². The number of hydrogen-bond acceptors (Lipinski definition) is 4. The Hall–Kier alpha value is -4.12. The van der Waals surface area contributed by atoms with Crippen molar-refractivity contribution in [3.63, 3.8) is 0 Å². The second kappa shape index (κ2) is 12.4. The number of allylic oxidation sites excluding steroid dienone is 2. The van der Waals surface area contributed by atoms with Crippen LogP contribution in [-0.2, 0) is 26.7 Å². The van der Waals surface area contributed by atoms with Gasteiger partial charge in [-0.25, -0.2) is 4.90 Å². The van der Waals surface area contributed by atoms with Crippen LogP contribution in [-0.4, -0.2) is 29.6 Å². The van der Waals surface area contributed by atoms with Gasteiger partial charge in [0.05, 0.1) is 41.4 Å². The number of phenolic OH excluding ortho intramolecular Hbond substituents is 1. The monoisotopic (exact) mass is 671 g/mol. The Labute approximate surface area is 273 Å². The number of benzene rings is 3. The van der Waals surface area contributed by atoms with E-state index in [0.717, 1.165) is 39.5 Å². The molecule has 2 fully saturated rings. The van der Waals surface area contributed by atoms with Crippen molar-refractivity contribution in [2.75, 3.05) is 11.5 Å². The molecule has 2 saturated heterocycles. The highest BCUT2D eigenvalue weighted by atomic mass is 19.4. The lowest BCUT2D eigenvalue weighted by molar-refractivity contribution is -0.143. The maximum absolute atomic E-state index is 13.9. The molecule has 1 aliphatic carbocycles. The van der Waals surface area contributed by atoms with Crippen LogP contribution in [0.25, 0.3) is 16.8 Å². The number of amides is 2. The molecule has 0 unspecified atom stereocenters. The number of ether oxygens (including phenoxy) is 1. The number of anilines is 1. The molecule has 0 bridgehead atoms. The van der Waals surface area contributed by atoms with Gasteiger partial charge in [0.1, 0.15) is 5.75 Å². The van der Waals surface area contributed by atoms with E-state index in [1.165, 1.54) is 0 Å². The minimum atomic E-state index is -5.12. The van der Waals surface area contributed by atoms with Gasteiger partial charge in [0.25, 0.3) is 0 Å². The van der Waals surface area contributed by atoms with Crippen molar-refractivity contribution in [1.29, 1.82) is 0 Å². The molecule has 5 nitrogen and oxygen atoms in total. The van der Waals surface area contributed by atoms with E-state index in [1.54, 1.807) is 6.07 Å². The van der Waals surface area contributed by atoms with E-state index in [4.69, 9.17) is 4.74 Å². The van der Waals surface area contributed by atoms with Crippen molar-refractivity contribution in [1.82, 2.24) is 0 Å². The van der Waals surface area contributed by atoms with Crippen molar-refractivity contribution in [3.05, 3.63) is 88.0 Å². The highest BCUT2D eigenvalue weighted by molar-refractivity contribution is 6.22. The molecule has 0 saturated carbocycles. The standard InChI is InChI=1S/C37H35F6NO4/c1-4-20(13-21-10-11-30(45)26-8-6-5-7-25(21)26)9-12-31-32-27(19(2)3)17-28-33(29(32)18-48-31)35(47)44(34(28)46)24-15-22(36(38,39)40)14-23(16-24)37(41,42)43/h5-8,10-11,13-16,19,28-29,31,33,45H,4,9,12,17-18H2,1-3H3/b20-13+/t28-,29+,31-,33-/m1/s1. The average molecular weight is 672 g/mol. The number of nitrogens with zero attached hydrogens (tertiary/aromatic N) is 1. The fourth-order valence-corrected chi connectivity index (χ4v) is 7.60. The van der Waals surface area contributed by atoms with Gasteiger partial charge in [-0.2, -0.15) is 26.3 Å². The molecule has 3 aromatic carbocycles. The number of imide groups is 1. The summed E-state index contributed by atoms with van der Waals surface area (Å²) in [7, 11) is 0. The molecule has 0 aromatic heterocycles. The third-order valence-corrected chi connectivity index (χ3v) is 9.95. The number of fused-ring (bicyclic) bond motifs is 4. The number of alkyl halides is 6. The summed E-state index contributed by atoms with van der Waals surface area (Å²) in [6.07, 6.45) is -6.32. The second-order valence-electron chi connectivity index (χ2n) is 13.1. The van der Waals surface area contributed by atoms with Crippen LogP contribution in [0, 0.1) is 23.7 Å². The number of carbonyl (C=O) groups excluding carboxylic acids is 2. The van der Waals surface area contributed by atoms with Gasteiger partial charge >= 0.3 is 12.4 Å². The normalized spacial score (nSPS) is 23.5. The molecule has 6 rings (SSSR count). The topological polar surface area (TPSA) is 66.8 Å². The highest BCUT2D eigenvalue weighted by Crippen LogP contribution is 2.52. The Kier molecular flexibility index (Phi) is 8.72. The lowest BCUT2D eigenvalue weighted by Gasteiger charge is -2.33. The Bertz CT molecular complexity index is 1810. The van der Waals surface area contributed by atoms with Crippen LogP contribution in [0.2, 0.25) is 0 Å². The maximum Gasteiger partial charge on any atom is 0.416 e. The summed E-state index contributed by atoms with van der Waals surface area (Å²) in [4.78, 5) is 28.1. The molecule has 2 aliphatic heterocycles. The molecule has 3 aliphatic rings. The first-order valence-electron chi connectivity index (χ1n) is 16.0. The summed E-state index contributed by atoms with van der Waals surface area (Å²) in [6.45, 7) is 6.09. The molecule has 2 heterocycles. The van der Waals surface area contributed by atoms with Crippen molar-refractivity contribution >= 4 is 34.4 Å². The van der Waals surface area contributed by atoms with Gasteiger partial charge in [-0.15, -0.1) is 0 Å². The van der Waals surface area contributed by atoms with Crippen LogP contribution < -0.4 is 4.90 Å². The number of rotatable bonds is 7. The first-order valence-corrected chi connectivity index (χ1v) is 16.0. The third kappa shape index (κ3) is 6.01. The highest BCUT2D eigenvalue weighted by Gasteiger charge is 2.58. The maximum atomic E-state index is 13.9. The second-order valence-corrected chi connectivity index (χ2v) is 13.1. The van der Waals surface area contributed by atoms with Crippen LogP contribution in [0.1, 0.15) is 63.1 Å². The Balaban J connectivity index is 1.29. The lowest BCUT2D eigenvalue weighted by atomic mass is 9.67. The lowest BCUT2D eigenvalue weighted by Crippen LogP contribution is -2.35. The summed E-state index contributed by atoms with van der Waals surface area (Å²) >= 11 is 0. The fraction of sp³-hybridized carbons (Fsp3) is 0.405. The van der Waals surface area contributed by atoms with Gasteiger partial charge in [-0.05, 0) is 72.4 Å². The van der Waals surface area contributed by atoms with E-state index in [2.05, 4.69) is 6.08 Å². The number of halogens is 6. The van der Waals surface area contributed by atoms with Gasteiger partial charge < -0.3 is 9.84 Å². The minimum Gasteiger partial charge on any atom is -0.507 e. The van der Waals surface area contributed by atoms with Gasteiger partial charge in [0.2, 0.25) is 11.8 Å². The van der Waals surface area contributed by atoms with Crippen LogP contribution in [0.4, 0.5) is 32.0 Å². The minimum absolute atomic E-state index is 0.0172. The first kappa shape index (κ1) is 33.8. The predicted molar refractivity (Wildman–Crippen MR) is 169 cm³/mol. The van der Waals surface area contributed by atoms with E-state index >= 15 is 0 Å². The van der Waals surface area contributed by atoms with Crippen molar-refractivity contribution in [3.8, 4) is 5.75 Å². The molecule has 3 aromatic rings. The molecule has 0 spiro atoms. The molecular weight excluding hydrogens is 636 g/mol. The van der Waals surface area contributed by atoms with Crippen LogP contribution in [0.15, 0.2) is 71.3 Å². The molecule has 2 amide bonds. The average Bonchev–Trinajstić information content (AvgIpc) is 3.56. The van der Waals surface area contributed by atoms with Crippen molar-refractivity contribution < 1.29 is 45.8 Å². The van der Waals surface area contributed by atoms with Crippen molar-refractivity contribution in [2.24, 2.45) is 23.7 Å².